The Bertz CT molecular complexity index is 730. The van der Waals surface area contributed by atoms with Gasteiger partial charge in [-0.05, 0) is 17.9 Å². The lowest BCUT2D eigenvalue weighted by Gasteiger charge is -2.22. The Morgan fingerprint density at radius 1 is 1.52 bits per heavy atom. The standard InChI is InChI=1S/C16H19N3O5S/c1-23-11-7-10(8-15(21)22)19(9-11)14(20)5-4-13-17-16(18-24-13)12-3-2-6-25-12/h2-3,6,10-11H,4-5,7-9H2,1H3,(H,21,22). The van der Waals surface area contributed by atoms with Crippen LogP contribution in [0.4, 0.5) is 0 Å². The lowest BCUT2D eigenvalue weighted by atomic mass is 10.1. The molecule has 134 valence electrons. The molecular formula is C16H19N3O5S. The Morgan fingerprint density at radius 3 is 3.04 bits per heavy atom. The third-order valence-electron chi connectivity index (χ3n) is 4.20. The number of methoxy groups -OCH3 is 1. The number of carbonyl (C=O) groups is 2. The molecule has 25 heavy (non-hydrogen) atoms. The fraction of sp³-hybridized carbons (Fsp3) is 0.500. The van der Waals surface area contributed by atoms with Gasteiger partial charge < -0.3 is 19.3 Å². The van der Waals surface area contributed by atoms with Crippen molar-refractivity contribution in [2.45, 2.75) is 37.8 Å². The van der Waals surface area contributed by atoms with Gasteiger partial charge in [0.2, 0.25) is 17.6 Å². The number of amides is 1. The summed E-state index contributed by atoms with van der Waals surface area (Å²) in [6, 6.07) is 3.47. The van der Waals surface area contributed by atoms with Crippen LogP contribution in [0.1, 0.15) is 25.2 Å². The molecule has 0 radical (unpaired) electrons. The molecule has 1 saturated heterocycles. The van der Waals surface area contributed by atoms with Crippen LogP contribution in [0.15, 0.2) is 22.0 Å². The molecule has 8 nitrogen and oxygen atoms in total. The molecule has 1 aliphatic heterocycles. The van der Waals surface area contributed by atoms with Gasteiger partial charge >= 0.3 is 5.97 Å². The lowest BCUT2D eigenvalue weighted by Crippen LogP contribution is -2.37. The monoisotopic (exact) mass is 365 g/mol. The predicted molar refractivity (Wildman–Crippen MR) is 89.1 cm³/mol. The van der Waals surface area contributed by atoms with Crippen LogP contribution in [0.5, 0.6) is 0 Å². The van der Waals surface area contributed by atoms with Crippen LogP contribution in [0.3, 0.4) is 0 Å². The van der Waals surface area contributed by atoms with E-state index in [1.807, 2.05) is 17.5 Å². The number of nitrogens with zero attached hydrogens (tertiary/aromatic N) is 3. The van der Waals surface area contributed by atoms with Gasteiger partial charge in [0.1, 0.15) is 0 Å². The minimum atomic E-state index is -0.919. The third kappa shape index (κ3) is 4.23. The van der Waals surface area contributed by atoms with Crippen molar-refractivity contribution in [2.24, 2.45) is 0 Å². The third-order valence-corrected chi connectivity index (χ3v) is 5.07. The van der Waals surface area contributed by atoms with Gasteiger partial charge in [0.05, 0.1) is 17.4 Å². The molecule has 1 aliphatic rings. The maximum Gasteiger partial charge on any atom is 0.305 e. The van der Waals surface area contributed by atoms with Gasteiger partial charge in [0.15, 0.2) is 0 Å². The first-order valence-corrected chi connectivity index (χ1v) is 8.85. The fourth-order valence-corrected chi connectivity index (χ4v) is 3.61. The SMILES string of the molecule is COC1CC(CC(=O)O)N(C(=O)CCc2nc(-c3cccs3)no2)C1. The van der Waals surface area contributed by atoms with Crippen molar-refractivity contribution in [1.29, 1.82) is 0 Å². The highest BCUT2D eigenvalue weighted by atomic mass is 32.1. The Labute approximate surface area is 148 Å². The first-order chi connectivity index (χ1) is 12.1. The van der Waals surface area contributed by atoms with E-state index < -0.39 is 5.97 Å². The molecule has 0 aromatic carbocycles. The van der Waals surface area contributed by atoms with E-state index in [0.29, 0.717) is 31.1 Å². The molecule has 1 amide bonds. The number of aliphatic carboxylic acids is 1. The van der Waals surface area contributed by atoms with Crippen molar-refractivity contribution in [3.63, 3.8) is 0 Å². The van der Waals surface area contributed by atoms with Crippen LogP contribution in [0.2, 0.25) is 0 Å². The highest BCUT2D eigenvalue weighted by Crippen LogP contribution is 2.25. The summed E-state index contributed by atoms with van der Waals surface area (Å²) >= 11 is 1.51. The average Bonchev–Trinajstić information content (AvgIpc) is 3.31. The molecule has 0 spiro atoms. The van der Waals surface area contributed by atoms with Crippen molar-refractivity contribution < 1.29 is 24.0 Å². The summed E-state index contributed by atoms with van der Waals surface area (Å²) < 4.78 is 10.5. The fourth-order valence-electron chi connectivity index (χ4n) is 2.96. The van der Waals surface area contributed by atoms with Gasteiger partial charge in [-0.1, -0.05) is 11.2 Å². The molecule has 1 fully saturated rings. The maximum atomic E-state index is 12.5. The summed E-state index contributed by atoms with van der Waals surface area (Å²) in [7, 11) is 1.57. The molecule has 2 atom stereocenters. The second-order valence-electron chi connectivity index (χ2n) is 5.88. The smallest absolute Gasteiger partial charge is 0.305 e. The van der Waals surface area contributed by atoms with E-state index in [-0.39, 0.29) is 30.9 Å². The molecule has 0 bridgehead atoms. The van der Waals surface area contributed by atoms with Crippen molar-refractivity contribution in [2.75, 3.05) is 13.7 Å². The van der Waals surface area contributed by atoms with Gasteiger partial charge in [-0.25, -0.2) is 0 Å². The molecule has 1 N–H and O–H groups in total. The highest BCUT2D eigenvalue weighted by Gasteiger charge is 2.36. The number of rotatable bonds is 7. The Morgan fingerprint density at radius 2 is 2.36 bits per heavy atom. The van der Waals surface area contributed by atoms with Crippen LogP contribution >= 0.6 is 11.3 Å². The number of carbonyl (C=O) groups excluding carboxylic acids is 1. The molecule has 3 heterocycles. The summed E-state index contributed by atoms with van der Waals surface area (Å²) in [5, 5.41) is 14.9. The molecule has 3 rings (SSSR count). The minimum Gasteiger partial charge on any atom is -0.481 e. The Balaban J connectivity index is 1.58. The summed E-state index contributed by atoms with van der Waals surface area (Å²) in [6.07, 6.45) is 0.859. The number of hydrogen-bond acceptors (Lipinski definition) is 7. The van der Waals surface area contributed by atoms with Crippen molar-refractivity contribution >= 4 is 23.2 Å². The van der Waals surface area contributed by atoms with Crippen LogP contribution in [0, 0.1) is 0 Å². The second kappa shape index (κ2) is 7.75. The molecule has 2 aromatic rings. The number of aryl methyl sites for hydroxylation is 1. The van der Waals surface area contributed by atoms with Crippen LogP contribution in [-0.4, -0.2) is 57.8 Å². The van der Waals surface area contributed by atoms with Gasteiger partial charge in [-0.15, -0.1) is 11.3 Å². The number of likely N-dealkylation sites (tertiary alicyclic amines) is 1. The van der Waals surface area contributed by atoms with Crippen molar-refractivity contribution in [3.05, 3.63) is 23.4 Å². The van der Waals surface area contributed by atoms with Crippen LogP contribution in [-0.2, 0) is 20.7 Å². The molecule has 2 unspecified atom stereocenters. The first kappa shape index (κ1) is 17.6. The zero-order valence-electron chi connectivity index (χ0n) is 13.8. The molecule has 0 saturated carbocycles. The molecule has 0 aliphatic carbocycles. The zero-order chi connectivity index (χ0) is 17.8. The Hall–Kier alpha value is -2.26. The molecular weight excluding hydrogens is 346 g/mol. The lowest BCUT2D eigenvalue weighted by molar-refractivity contribution is -0.139. The van der Waals surface area contributed by atoms with E-state index in [0.717, 1.165) is 4.88 Å². The summed E-state index contributed by atoms with van der Waals surface area (Å²) in [5.74, 6) is -0.130. The van der Waals surface area contributed by atoms with Gasteiger partial charge in [-0.2, -0.15) is 4.98 Å². The average molecular weight is 365 g/mol. The number of thiophene rings is 1. The zero-order valence-corrected chi connectivity index (χ0v) is 14.6. The van der Waals surface area contributed by atoms with E-state index in [2.05, 4.69) is 10.1 Å². The van der Waals surface area contributed by atoms with E-state index in [1.54, 1.807) is 12.0 Å². The topological polar surface area (TPSA) is 106 Å². The van der Waals surface area contributed by atoms with Crippen molar-refractivity contribution in [3.8, 4) is 10.7 Å². The highest BCUT2D eigenvalue weighted by molar-refractivity contribution is 7.13. The minimum absolute atomic E-state index is 0.0747. The van der Waals surface area contributed by atoms with Crippen LogP contribution in [0.25, 0.3) is 10.7 Å². The van der Waals surface area contributed by atoms with Crippen molar-refractivity contribution in [1.82, 2.24) is 15.0 Å². The number of hydrogen-bond donors (Lipinski definition) is 1. The van der Waals surface area contributed by atoms with Gasteiger partial charge in [0, 0.05) is 32.5 Å². The van der Waals surface area contributed by atoms with E-state index in [9.17, 15) is 9.59 Å². The predicted octanol–water partition coefficient (Wildman–Crippen LogP) is 1.82. The van der Waals surface area contributed by atoms with E-state index >= 15 is 0 Å². The maximum absolute atomic E-state index is 12.5. The van der Waals surface area contributed by atoms with Gasteiger partial charge in [-0.3, -0.25) is 9.59 Å². The van der Waals surface area contributed by atoms with E-state index in [1.165, 1.54) is 11.3 Å². The number of aromatic nitrogens is 2. The quantitative estimate of drug-likeness (QED) is 0.798. The summed E-state index contributed by atoms with van der Waals surface area (Å²) in [6.45, 7) is 0.414. The summed E-state index contributed by atoms with van der Waals surface area (Å²) in [5.41, 5.74) is 0. The number of ether oxygens (including phenoxy) is 1. The second-order valence-corrected chi connectivity index (χ2v) is 6.83. The molecule has 9 heteroatoms. The van der Waals surface area contributed by atoms with Gasteiger partial charge in [0.25, 0.3) is 0 Å². The molecule has 2 aromatic heterocycles. The number of carboxylic acid groups (broad SMARTS) is 1. The largest absolute Gasteiger partial charge is 0.481 e. The Kier molecular flexibility index (Phi) is 5.44. The number of carboxylic acids is 1. The summed E-state index contributed by atoms with van der Waals surface area (Å²) in [4.78, 5) is 30.3. The van der Waals surface area contributed by atoms with Crippen LogP contribution < -0.4 is 0 Å². The first-order valence-electron chi connectivity index (χ1n) is 7.97. The van der Waals surface area contributed by atoms with E-state index in [4.69, 9.17) is 14.4 Å². The normalized spacial score (nSPS) is 20.1.